The van der Waals surface area contributed by atoms with E-state index in [-0.39, 0.29) is 48.6 Å². The van der Waals surface area contributed by atoms with Crippen LogP contribution < -0.4 is 15.4 Å². The quantitative estimate of drug-likeness (QED) is 0.542. The summed E-state index contributed by atoms with van der Waals surface area (Å²) in [5.41, 5.74) is 0. The standard InChI is InChI=1S/C12H20N4O3S.2ClH/c1-13-6-3-8-15-12(17)5-9-16-20(18,19)11-4-2-7-14-10-11;;/h2,4,7,10,13,16H,3,5-6,8-9H2,1H3,(H,15,17);2*1H. The first-order valence-electron chi connectivity index (χ1n) is 6.37. The molecule has 0 atom stereocenters. The van der Waals surface area contributed by atoms with Gasteiger partial charge in [0.1, 0.15) is 4.90 Å². The van der Waals surface area contributed by atoms with Gasteiger partial charge < -0.3 is 10.6 Å². The molecule has 0 aliphatic carbocycles. The number of nitrogens with one attached hydrogen (secondary N) is 3. The number of sulfonamides is 1. The zero-order valence-electron chi connectivity index (χ0n) is 12.2. The molecule has 1 aromatic heterocycles. The molecule has 0 saturated heterocycles. The van der Waals surface area contributed by atoms with E-state index >= 15 is 0 Å². The molecule has 0 unspecified atom stereocenters. The highest BCUT2D eigenvalue weighted by Gasteiger charge is 2.13. The lowest BCUT2D eigenvalue weighted by Crippen LogP contribution is -2.31. The molecule has 0 fully saturated rings. The van der Waals surface area contributed by atoms with E-state index in [1.165, 1.54) is 18.5 Å². The first-order valence-corrected chi connectivity index (χ1v) is 7.85. The lowest BCUT2D eigenvalue weighted by Gasteiger charge is -2.07. The Bertz CT molecular complexity index is 514. The second kappa shape index (κ2) is 12.6. The van der Waals surface area contributed by atoms with Gasteiger partial charge in [-0.05, 0) is 32.1 Å². The fourth-order valence-electron chi connectivity index (χ4n) is 1.47. The van der Waals surface area contributed by atoms with Crippen molar-refractivity contribution < 1.29 is 13.2 Å². The second-order valence-electron chi connectivity index (χ2n) is 4.14. The smallest absolute Gasteiger partial charge is 0.242 e. The number of amides is 1. The van der Waals surface area contributed by atoms with E-state index in [2.05, 4.69) is 20.3 Å². The third kappa shape index (κ3) is 9.16. The zero-order chi connectivity index (χ0) is 14.8. The Balaban J connectivity index is 0. The maximum atomic E-state index is 11.8. The predicted octanol–water partition coefficient (Wildman–Crippen LogP) is 0.319. The van der Waals surface area contributed by atoms with E-state index in [1.807, 2.05) is 7.05 Å². The van der Waals surface area contributed by atoms with Crippen molar-refractivity contribution in [1.29, 1.82) is 0 Å². The number of hydrogen-bond donors (Lipinski definition) is 3. The van der Waals surface area contributed by atoms with Gasteiger partial charge in [-0.25, -0.2) is 13.1 Å². The number of halogens is 2. The molecule has 1 aromatic rings. The molecule has 0 radical (unpaired) electrons. The van der Waals surface area contributed by atoms with Crippen LogP contribution in [0, 0.1) is 0 Å². The van der Waals surface area contributed by atoms with Crippen LogP contribution in [-0.2, 0) is 14.8 Å². The summed E-state index contributed by atoms with van der Waals surface area (Å²) in [7, 11) is -1.75. The molecule has 0 aromatic carbocycles. The van der Waals surface area contributed by atoms with Crippen LogP contribution in [0.4, 0.5) is 0 Å². The fraction of sp³-hybridized carbons (Fsp3) is 0.500. The average molecular weight is 373 g/mol. The van der Waals surface area contributed by atoms with Crippen molar-refractivity contribution in [1.82, 2.24) is 20.3 Å². The lowest BCUT2D eigenvalue weighted by atomic mass is 10.3. The van der Waals surface area contributed by atoms with Crippen molar-refractivity contribution in [2.24, 2.45) is 0 Å². The van der Waals surface area contributed by atoms with Gasteiger partial charge in [0.2, 0.25) is 15.9 Å². The molecule has 1 rings (SSSR count). The number of rotatable bonds is 9. The van der Waals surface area contributed by atoms with E-state index in [0.717, 1.165) is 13.0 Å². The number of hydrogen-bond acceptors (Lipinski definition) is 5. The summed E-state index contributed by atoms with van der Waals surface area (Å²) < 4.78 is 26.0. The van der Waals surface area contributed by atoms with Crippen LogP contribution in [0.3, 0.4) is 0 Å². The topological polar surface area (TPSA) is 100 Å². The average Bonchev–Trinajstić information content (AvgIpc) is 2.44. The lowest BCUT2D eigenvalue weighted by molar-refractivity contribution is -0.120. The van der Waals surface area contributed by atoms with Crippen LogP contribution in [-0.4, -0.2) is 46.0 Å². The van der Waals surface area contributed by atoms with E-state index in [4.69, 9.17) is 0 Å². The van der Waals surface area contributed by atoms with Crippen LogP contribution in [0.1, 0.15) is 12.8 Å². The van der Waals surface area contributed by atoms with E-state index < -0.39 is 10.0 Å². The molecule has 0 spiro atoms. The monoisotopic (exact) mass is 372 g/mol. The van der Waals surface area contributed by atoms with Gasteiger partial charge in [-0.1, -0.05) is 0 Å². The molecule has 1 heterocycles. The molecule has 1 amide bonds. The summed E-state index contributed by atoms with van der Waals surface area (Å²) in [5, 5.41) is 5.69. The Hall–Kier alpha value is -0.930. The second-order valence-corrected chi connectivity index (χ2v) is 5.91. The predicted molar refractivity (Wildman–Crippen MR) is 90.1 cm³/mol. The highest BCUT2D eigenvalue weighted by atomic mass is 35.5. The van der Waals surface area contributed by atoms with Gasteiger partial charge in [0.05, 0.1) is 0 Å². The summed E-state index contributed by atoms with van der Waals surface area (Å²) in [5.74, 6) is -0.171. The van der Waals surface area contributed by atoms with Crippen molar-refractivity contribution in [3.8, 4) is 0 Å². The SMILES string of the molecule is CNCCCNC(=O)CCNS(=O)(=O)c1cccnc1.Cl.Cl. The third-order valence-corrected chi connectivity index (χ3v) is 3.96. The molecule has 22 heavy (non-hydrogen) atoms. The van der Waals surface area contributed by atoms with Crippen LogP contribution >= 0.6 is 24.8 Å². The van der Waals surface area contributed by atoms with E-state index in [0.29, 0.717) is 6.54 Å². The van der Waals surface area contributed by atoms with Crippen molar-refractivity contribution in [2.75, 3.05) is 26.7 Å². The minimum Gasteiger partial charge on any atom is -0.356 e. The maximum absolute atomic E-state index is 11.8. The number of carbonyl (C=O) groups excluding carboxylic acids is 1. The molecule has 0 aliphatic heterocycles. The normalized spacial score (nSPS) is 10.2. The van der Waals surface area contributed by atoms with Crippen LogP contribution in [0.5, 0.6) is 0 Å². The van der Waals surface area contributed by atoms with Crippen molar-refractivity contribution in [2.45, 2.75) is 17.7 Å². The van der Waals surface area contributed by atoms with Gasteiger partial charge in [0.25, 0.3) is 0 Å². The van der Waals surface area contributed by atoms with Gasteiger partial charge >= 0.3 is 0 Å². The van der Waals surface area contributed by atoms with Crippen molar-refractivity contribution >= 4 is 40.7 Å². The number of carbonyl (C=O) groups is 1. The first kappa shape index (κ1) is 23.3. The minimum absolute atomic E-state index is 0. The summed E-state index contributed by atoms with van der Waals surface area (Å²) in [6.45, 7) is 1.47. The Labute approximate surface area is 143 Å². The summed E-state index contributed by atoms with van der Waals surface area (Å²) in [4.78, 5) is 15.3. The minimum atomic E-state index is -3.59. The molecule has 10 heteroatoms. The highest BCUT2D eigenvalue weighted by molar-refractivity contribution is 7.89. The van der Waals surface area contributed by atoms with Crippen LogP contribution in [0.25, 0.3) is 0 Å². The summed E-state index contributed by atoms with van der Waals surface area (Å²) in [6, 6.07) is 3.00. The Morgan fingerprint density at radius 2 is 1.95 bits per heavy atom. The first-order chi connectivity index (χ1) is 9.56. The highest BCUT2D eigenvalue weighted by Crippen LogP contribution is 2.04. The summed E-state index contributed by atoms with van der Waals surface area (Å²) in [6.07, 6.45) is 3.71. The molecule has 0 aliphatic rings. The van der Waals surface area contributed by atoms with E-state index in [9.17, 15) is 13.2 Å². The molecule has 0 saturated carbocycles. The third-order valence-electron chi connectivity index (χ3n) is 2.51. The van der Waals surface area contributed by atoms with Crippen LogP contribution in [0.2, 0.25) is 0 Å². The Morgan fingerprint density at radius 1 is 1.23 bits per heavy atom. The van der Waals surface area contributed by atoms with Crippen LogP contribution in [0.15, 0.2) is 29.4 Å². The molecule has 0 bridgehead atoms. The van der Waals surface area contributed by atoms with Gasteiger partial charge in [0, 0.05) is 31.9 Å². The van der Waals surface area contributed by atoms with E-state index in [1.54, 1.807) is 6.07 Å². The fourth-order valence-corrected chi connectivity index (χ4v) is 2.46. The molecular weight excluding hydrogens is 351 g/mol. The zero-order valence-corrected chi connectivity index (χ0v) is 14.7. The number of aromatic nitrogens is 1. The van der Waals surface area contributed by atoms with Gasteiger partial charge in [0.15, 0.2) is 0 Å². The van der Waals surface area contributed by atoms with Crippen molar-refractivity contribution in [3.05, 3.63) is 24.5 Å². The maximum Gasteiger partial charge on any atom is 0.242 e. The number of pyridine rings is 1. The van der Waals surface area contributed by atoms with Crippen molar-refractivity contribution in [3.63, 3.8) is 0 Å². The molecular formula is C12H22Cl2N4O3S. The molecule has 7 nitrogen and oxygen atoms in total. The largest absolute Gasteiger partial charge is 0.356 e. The summed E-state index contributed by atoms with van der Waals surface area (Å²) >= 11 is 0. The Morgan fingerprint density at radius 3 is 2.55 bits per heavy atom. The van der Waals surface area contributed by atoms with Gasteiger partial charge in [-0.15, -0.1) is 24.8 Å². The van der Waals surface area contributed by atoms with Gasteiger partial charge in [-0.2, -0.15) is 0 Å². The molecule has 128 valence electrons. The van der Waals surface area contributed by atoms with Gasteiger partial charge in [-0.3, -0.25) is 9.78 Å². The number of nitrogens with zero attached hydrogens (tertiary/aromatic N) is 1. The molecule has 3 N–H and O–H groups in total. The Kier molecular flexibility index (Phi) is 13.4.